The minimum atomic E-state index is 0.0000690. The number of benzene rings is 2. The quantitative estimate of drug-likeness (QED) is 0.363. The predicted molar refractivity (Wildman–Crippen MR) is 123 cm³/mol. The molecular weight excluding hydrogens is 380 g/mol. The Hall–Kier alpha value is -0.160. The van der Waals surface area contributed by atoms with Crippen molar-refractivity contribution in [2.75, 3.05) is 11.5 Å². The fraction of sp³-hybridized carbons (Fsp3) is 0.429. The summed E-state index contributed by atoms with van der Waals surface area (Å²) in [4.78, 5) is 2.63. The summed E-state index contributed by atoms with van der Waals surface area (Å²) in [7, 11) is 0. The van der Waals surface area contributed by atoms with Crippen LogP contribution in [0.25, 0.3) is 0 Å². The molecule has 0 aromatic heterocycles. The molecule has 136 valence electrons. The molecule has 0 aliphatic heterocycles. The number of hydrogen-bond donors (Lipinski definition) is 2. The Bertz CT molecular complexity index is 585. The monoisotopic (exact) mass is 408 g/mol. The highest BCUT2D eigenvalue weighted by atomic mass is 32.2. The molecule has 0 saturated carbocycles. The first kappa shape index (κ1) is 21.1. The molecule has 0 N–H and O–H groups in total. The first-order valence-electron chi connectivity index (χ1n) is 8.62. The SMILES string of the molecule is CC(S)CSc1ccc(C(C)(C)c2ccc(SCC(C)S)cc2)cc1. The summed E-state index contributed by atoms with van der Waals surface area (Å²) in [6.45, 7) is 8.85. The van der Waals surface area contributed by atoms with Crippen LogP contribution in [0.1, 0.15) is 38.8 Å². The van der Waals surface area contributed by atoms with Crippen LogP contribution in [0.2, 0.25) is 0 Å². The van der Waals surface area contributed by atoms with Crippen molar-refractivity contribution in [2.45, 2.75) is 53.4 Å². The molecule has 25 heavy (non-hydrogen) atoms. The van der Waals surface area contributed by atoms with E-state index in [1.54, 1.807) is 0 Å². The third-order valence-electron chi connectivity index (χ3n) is 4.13. The molecule has 0 nitrogen and oxygen atoms in total. The van der Waals surface area contributed by atoms with Crippen LogP contribution in [0.15, 0.2) is 58.3 Å². The second kappa shape index (κ2) is 9.68. The van der Waals surface area contributed by atoms with Crippen LogP contribution in [0, 0.1) is 0 Å². The Labute approximate surface area is 172 Å². The number of thioether (sulfide) groups is 2. The standard InChI is InChI=1S/C21H28S4/c1-15(22)13-24-19-9-5-17(6-10-19)21(3,4)18-7-11-20(12-8-18)25-14-16(2)23/h5-12,15-16,22-23H,13-14H2,1-4H3. The molecule has 0 radical (unpaired) electrons. The molecule has 2 unspecified atom stereocenters. The van der Waals surface area contributed by atoms with Gasteiger partial charge in [-0.2, -0.15) is 25.3 Å². The number of thiol groups is 2. The Balaban J connectivity index is 2.09. The summed E-state index contributed by atoms with van der Waals surface area (Å²) in [5.74, 6) is 2.08. The molecule has 0 aliphatic rings. The molecule has 4 heteroatoms. The first-order valence-corrected chi connectivity index (χ1v) is 11.6. The van der Waals surface area contributed by atoms with E-state index in [2.05, 4.69) is 101 Å². The molecule has 2 aromatic rings. The van der Waals surface area contributed by atoms with Gasteiger partial charge in [-0.3, -0.25) is 0 Å². The van der Waals surface area contributed by atoms with E-state index in [1.807, 2.05) is 23.5 Å². The summed E-state index contributed by atoms with van der Waals surface area (Å²) in [6.07, 6.45) is 0. The summed E-state index contributed by atoms with van der Waals surface area (Å²) >= 11 is 12.6. The normalized spacial score (nSPS) is 14.3. The molecule has 2 atom stereocenters. The van der Waals surface area contributed by atoms with E-state index in [9.17, 15) is 0 Å². The lowest BCUT2D eigenvalue weighted by Crippen LogP contribution is -2.18. The van der Waals surface area contributed by atoms with E-state index in [-0.39, 0.29) is 5.41 Å². The molecule has 0 bridgehead atoms. The highest BCUT2D eigenvalue weighted by molar-refractivity contribution is 8.00. The second-order valence-electron chi connectivity index (χ2n) is 6.99. The Kier molecular flexibility index (Phi) is 8.19. The maximum absolute atomic E-state index is 4.45. The zero-order valence-electron chi connectivity index (χ0n) is 15.4. The maximum Gasteiger partial charge on any atom is 0.0146 e. The van der Waals surface area contributed by atoms with Crippen LogP contribution < -0.4 is 0 Å². The predicted octanol–water partition coefficient (Wildman–Crippen LogP) is 6.83. The van der Waals surface area contributed by atoms with Crippen molar-refractivity contribution in [3.05, 3.63) is 59.7 Å². The van der Waals surface area contributed by atoms with Crippen LogP contribution in [-0.4, -0.2) is 22.0 Å². The maximum atomic E-state index is 4.45. The van der Waals surface area contributed by atoms with Crippen LogP contribution in [0.5, 0.6) is 0 Å². The largest absolute Gasteiger partial charge is 0.175 e. The van der Waals surface area contributed by atoms with Crippen molar-refractivity contribution < 1.29 is 0 Å². The van der Waals surface area contributed by atoms with E-state index >= 15 is 0 Å². The average molecular weight is 409 g/mol. The van der Waals surface area contributed by atoms with Gasteiger partial charge in [0.15, 0.2) is 0 Å². The van der Waals surface area contributed by atoms with Gasteiger partial charge >= 0.3 is 0 Å². The van der Waals surface area contributed by atoms with Gasteiger partial charge in [-0.25, -0.2) is 0 Å². The summed E-state index contributed by atoms with van der Waals surface area (Å²) in [5, 5.41) is 0.839. The Morgan fingerprint density at radius 1 is 0.720 bits per heavy atom. The van der Waals surface area contributed by atoms with Crippen LogP contribution in [0.3, 0.4) is 0 Å². The van der Waals surface area contributed by atoms with Gasteiger partial charge in [0.05, 0.1) is 0 Å². The van der Waals surface area contributed by atoms with E-state index in [1.165, 1.54) is 20.9 Å². The fourth-order valence-corrected chi connectivity index (χ4v) is 4.51. The minimum Gasteiger partial charge on any atom is -0.175 e. The summed E-state index contributed by atoms with van der Waals surface area (Å²) in [5.41, 5.74) is 2.69. The van der Waals surface area contributed by atoms with E-state index in [0.717, 1.165) is 11.5 Å². The molecular formula is C21H28S4. The van der Waals surface area contributed by atoms with Crippen molar-refractivity contribution in [3.8, 4) is 0 Å². The van der Waals surface area contributed by atoms with Crippen molar-refractivity contribution in [1.82, 2.24) is 0 Å². The van der Waals surface area contributed by atoms with Crippen LogP contribution in [0.4, 0.5) is 0 Å². The molecule has 0 spiro atoms. The Morgan fingerprint density at radius 2 is 1.04 bits per heavy atom. The number of rotatable bonds is 8. The third-order valence-corrected chi connectivity index (χ3v) is 7.54. The molecule has 0 amide bonds. The molecule has 0 heterocycles. The highest BCUT2D eigenvalue weighted by Crippen LogP contribution is 2.34. The van der Waals surface area contributed by atoms with E-state index in [0.29, 0.717) is 10.5 Å². The lowest BCUT2D eigenvalue weighted by atomic mass is 9.78. The van der Waals surface area contributed by atoms with Crippen molar-refractivity contribution >= 4 is 48.8 Å². The average Bonchev–Trinajstić information content (AvgIpc) is 2.59. The molecule has 0 aliphatic carbocycles. The lowest BCUT2D eigenvalue weighted by Gasteiger charge is -2.26. The zero-order valence-corrected chi connectivity index (χ0v) is 18.8. The molecule has 0 fully saturated rings. The summed E-state index contributed by atoms with van der Waals surface area (Å²) in [6, 6.07) is 18.0. The fourth-order valence-electron chi connectivity index (χ4n) is 2.54. The lowest BCUT2D eigenvalue weighted by molar-refractivity contribution is 0.639. The van der Waals surface area contributed by atoms with Gasteiger partial charge in [0.25, 0.3) is 0 Å². The van der Waals surface area contributed by atoms with Gasteiger partial charge in [-0.15, -0.1) is 23.5 Å². The van der Waals surface area contributed by atoms with Gasteiger partial charge in [0, 0.05) is 37.2 Å². The Morgan fingerprint density at radius 3 is 1.32 bits per heavy atom. The first-order chi connectivity index (χ1) is 11.8. The topological polar surface area (TPSA) is 0 Å². The minimum absolute atomic E-state index is 0.0000690. The van der Waals surface area contributed by atoms with Gasteiger partial charge in [-0.05, 0) is 35.4 Å². The second-order valence-corrected chi connectivity index (χ2v) is 10.9. The van der Waals surface area contributed by atoms with Gasteiger partial charge in [0.2, 0.25) is 0 Å². The zero-order chi connectivity index (χ0) is 18.4. The highest BCUT2D eigenvalue weighted by Gasteiger charge is 2.23. The van der Waals surface area contributed by atoms with E-state index < -0.39 is 0 Å². The van der Waals surface area contributed by atoms with Gasteiger partial charge in [-0.1, -0.05) is 52.0 Å². The number of hydrogen-bond acceptors (Lipinski definition) is 4. The van der Waals surface area contributed by atoms with Crippen molar-refractivity contribution in [2.24, 2.45) is 0 Å². The van der Waals surface area contributed by atoms with Gasteiger partial charge < -0.3 is 0 Å². The van der Waals surface area contributed by atoms with Crippen LogP contribution in [-0.2, 0) is 5.41 Å². The third kappa shape index (κ3) is 6.50. The summed E-state index contributed by atoms with van der Waals surface area (Å²) < 4.78 is 0. The molecule has 2 aromatic carbocycles. The molecule has 0 saturated heterocycles. The van der Waals surface area contributed by atoms with Crippen molar-refractivity contribution in [3.63, 3.8) is 0 Å². The smallest absolute Gasteiger partial charge is 0.0146 e. The van der Waals surface area contributed by atoms with Gasteiger partial charge in [0.1, 0.15) is 0 Å². The van der Waals surface area contributed by atoms with E-state index in [4.69, 9.17) is 0 Å². The molecule has 2 rings (SSSR count). The van der Waals surface area contributed by atoms with Crippen LogP contribution >= 0.6 is 48.8 Å². The van der Waals surface area contributed by atoms with Crippen molar-refractivity contribution in [1.29, 1.82) is 0 Å².